The SMILES string of the molecule is Cc1cccnc1NCCN1CCn2nc(C(=O)O)cc2C1=O. The van der Waals surface area contributed by atoms with E-state index in [1.54, 1.807) is 11.1 Å². The molecule has 0 unspecified atom stereocenters. The van der Waals surface area contributed by atoms with Crippen LogP contribution >= 0.6 is 0 Å². The summed E-state index contributed by atoms with van der Waals surface area (Å²) in [6.45, 7) is 4.06. The molecule has 0 radical (unpaired) electrons. The Balaban J connectivity index is 1.63. The third kappa shape index (κ3) is 3.01. The summed E-state index contributed by atoms with van der Waals surface area (Å²) in [5, 5.41) is 16.1. The minimum absolute atomic E-state index is 0.0996. The van der Waals surface area contributed by atoms with Crippen LogP contribution in [0.4, 0.5) is 5.82 Å². The van der Waals surface area contributed by atoms with Crippen molar-refractivity contribution in [2.75, 3.05) is 25.0 Å². The summed E-state index contributed by atoms with van der Waals surface area (Å²) in [6.07, 6.45) is 1.72. The van der Waals surface area contributed by atoms with Crippen LogP contribution < -0.4 is 5.32 Å². The zero-order valence-electron chi connectivity index (χ0n) is 12.7. The van der Waals surface area contributed by atoms with Gasteiger partial charge in [0.25, 0.3) is 5.91 Å². The smallest absolute Gasteiger partial charge is 0.356 e. The fourth-order valence-electron chi connectivity index (χ4n) is 2.54. The molecular formula is C15H17N5O3. The Morgan fingerprint density at radius 2 is 2.26 bits per heavy atom. The van der Waals surface area contributed by atoms with Crippen LogP contribution in [0.2, 0.25) is 0 Å². The second-order valence-electron chi connectivity index (χ2n) is 5.33. The Morgan fingerprint density at radius 1 is 1.43 bits per heavy atom. The van der Waals surface area contributed by atoms with Gasteiger partial charge in [-0.3, -0.25) is 9.48 Å². The number of nitrogens with one attached hydrogen (secondary N) is 1. The second kappa shape index (κ2) is 6.07. The maximum absolute atomic E-state index is 12.4. The van der Waals surface area contributed by atoms with Crippen LogP contribution in [0.25, 0.3) is 0 Å². The lowest BCUT2D eigenvalue weighted by Gasteiger charge is -2.27. The van der Waals surface area contributed by atoms with Gasteiger partial charge in [-0.2, -0.15) is 5.10 Å². The van der Waals surface area contributed by atoms with Crippen LogP contribution in [0.15, 0.2) is 24.4 Å². The first-order chi connectivity index (χ1) is 11.1. The zero-order chi connectivity index (χ0) is 16.4. The molecule has 0 bridgehead atoms. The molecule has 0 saturated heterocycles. The predicted molar refractivity (Wildman–Crippen MR) is 82.6 cm³/mol. The summed E-state index contributed by atoms with van der Waals surface area (Å²) in [5.74, 6) is -0.524. The predicted octanol–water partition coefficient (Wildman–Crippen LogP) is 0.853. The topological polar surface area (TPSA) is 100 Å². The second-order valence-corrected chi connectivity index (χ2v) is 5.33. The van der Waals surface area contributed by atoms with Crippen LogP contribution in [-0.4, -0.2) is 56.3 Å². The fourth-order valence-corrected chi connectivity index (χ4v) is 2.54. The summed E-state index contributed by atoms with van der Waals surface area (Å²) in [6, 6.07) is 5.16. The summed E-state index contributed by atoms with van der Waals surface area (Å²) < 4.78 is 1.46. The number of carbonyl (C=O) groups is 2. The maximum atomic E-state index is 12.4. The van der Waals surface area contributed by atoms with Gasteiger partial charge in [-0.05, 0) is 18.6 Å². The molecular weight excluding hydrogens is 298 g/mol. The molecule has 2 N–H and O–H groups in total. The van der Waals surface area contributed by atoms with Crippen LogP contribution in [-0.2, 0) is 6.54 Å². The van der Waals surface area contributed by atoms with Crippen molar-refractivity contribution in [1.82, 2.24) is 19.7 Å². The molecule has 0 atom stereocenters. The molecule has 0 fully saturated rings. The summed E-state index contributed by atoms with van der Waals surface area (Å²) >= 11 is 0. The summed E-state index contributed by atoms with van der Waals surface area (Å²) in [7, 11) is 0. The number of carboxylic acids is 1. The molecule has 1 aliphatic rings. The van der Waals surface area contributed by atoms with Gasteiger partial charge in [0.2, 0.25) is 0 Å². The van der Waals surface area contributed by atoms with Gasteiger partial charge >= 0.3 is 5.97 Å². The average Bonchev–Trinajstić information content (AvgIpc) is 2.97. The highest BCUT2D eigenvalue weighted by Gasteiger charge is 2.27. The molecule has 0 aromatic carbocycles. The first-order valence-corrected chi connectivity index (χ1v) is 7.32. The average molecular weight is 315 g/mol. The standard InChI is InChI=1S/C15H17N5O3/c1-10-3-2-4-16-13(10)17-5-6-19-7-8-20-12(14(19)21)9-11(18-20)15(22)23/h2-4,9H,5-8H2,1H3,(H,16,17)(H,22,23). The number of aromatic carboxylic acids is 1. The molecule has 3 heterocycles. The third-order valence-electron chi connectivity index (χ3n) is 3.77. The van der Waals surface area contributed by atoms with E-state index in [0.717, 1.165) is 11.4 Å². The Hall–Kier alpha value is -2.90. The van der Waals surface area contributed by atoms with Gasteiger partial charge in [0.1, 0.15) is 11.5 Å². The first-order valence-electron chi connectivity index (χ1n) is 7.32. The fraction of sp³-hybridized carbons (Fsp3) is 0.333. The molecule has 3 rings (SSSR count). The Bertz CT molecular complexity index is 755. The highest BCUT2D eigenvalue weighted by Crippen LogP contribution is 2.14. The van der Waals surface area contributed by atoms with E-state index in [-0.39, 0.29) is 11.6 Å². The molecule has 23 heavy (non-hydrogen) atoms. The molecule has 2 aromatic rings. The van der Waals surface area contributed by atoms with Crippen molar-refractivity contribution in [3.05, 3.63) is 41.3 Å². The van der Waals surface area contributed by atoms with Crippen LogP contribution in [0.1, 0.15) is 26.5 Å². The van der Waals surface area contributed by atoms with E-state index in [1.807, 2.05) is 19.1 Å². The number of pyridine rings is 1. The number of aromatic nitrogens is 3. The van der Waals surface area contributed by atoms with Crippen LogP contribution in [0, 0.1) is 6.92 Å². The van der Waals surface area contributed by atoms with E-state index in [0.29, 0.717) is 31.9 Å². The molecule has 0 aliphatic carbocycles. The van der Waals surface area contributed by atoms with Crippen molar-refractivity contribution in [1.29, 1.82) is 0 Å². The first kappa shape index (κ1) is 15.0. The van der Waals surface area contributed by atoms with Gasteiger partial charge in [-0.1, -0.05) is 6.07 Å². The number of fused-ring (bicyclic) bond motifs is 1. The molecule has 1 amide bonds. The number of hydrogen-bond acceptors (Lipinski definition) is 5. The number of carbonyl (C=O) groups excluding carboxylic acids is 1. The van der Waals surface area contributed by atoms with Gasteiger partial charge in [0, 0.05) is 31.9 Å². The number of amides is 1. The number of aryl methyl sites for hydroxylation is 1. The van der Waals surface area contributed by atoms with E-state index in [4.69, 9.17) is 5.11 Å². The lowest BCUT2D eigenvalue weighted by molar-refractivity contribution is 0.0680. The normalized spacial score (nSPS) is 13.8. The van der Waals surface area contributed by atoms with Crippen molar-refractivity contribution < 1.29 is 14.7 Å². The molecule has 120 valence electrons. The van der Waals surface area contributed by atoms with Gasteiger partial charge in [-0.15, -0.1) is 0 Å². The third-order valence-corrected chi connectivity index (χ3v) is 3.77. The van der Waals surface area contributed by atoms with Crippen LogP contribution in [0.3, 0.4) is 0 Å². The van der Waals surface area contributed by atoms with Gasteiger partial charge < -0.3 is 15.3 Å². The van der Waals surface area contributed by atoms with Crippen molar-refractivity contribution >= 4 is 17.7 Å². The Kier molecular flexibility index (Phi) is 3.96. The summed E-state index contributed by atoms with van der Waals surface area (Å²) in [5.41, 5.74) is 1.27. The number of hydrogen-bond donors (Lipinski definition) is 2. The monoisotopic (exact) mass is 315 g/mol. The van der Waals surface area contributed by atoms with Crippen molar-refractivity contribution in [2.45, 2.75) is 13.5 Å². The molecule has 2 aromatic heterocycles. The molecule has 8 nitrogen and oxygen atoms in total. The maximum Gasteiger partial charge on any atom is 0.356 e. The molecule has 1 aliphatic heterocycles. The largest absolute Gasteiger partial charge is 0.476 e. The Morgan fingerprint density at radius 3 is 3.00 bits per heavy atom. The lowest BCUT2D eigenvalue weighted by Crippen LogP contribution is -2.42. The van der Waals surface area contributed by atoms with E-state index >= 15 is 0 Å². The number of carboxylic acid groups (broad SMARTS) is 1. The van der Waals surface area contributed by atoms with Gasteiger partial charge in [0.05, 0.1) is 6.54 Å². The van der Waals surface area contributed by atoms with E-state index in [1.165, 1.54) is 10.7 Å². The zero-order valence-corrected chi connectivity index (χ0v) is 12.7. The van der Waals surface area contributed by atoms with Crippen molar-refractivity contribution in [3.8, 4) is 0 Å². The minimum atomic E-state index is -1.13. The Labute approximate surface area is 132 Å². The molecule has 0 spiro atoms. The van der Waals surface area contributed by atoms with E-state index < -0.39 is 5.97 Å². The highest BCUT2D eigenvalue weighted by molar-refractivity contribution is 5.96. The quantitative estimate of drug-likeness (QED) is 0.848. The minimum Gasteiger partial charge on any atom is -0.476 e. The highest BCUT2D eigenvalue weighted by atomic mass is 16.4. The summed E-state index contributed by atoms with van der Waals surface area (Å²) in [4.78, 5) is 29.3. The van der Waals surface area contributed by atoms with Crippen molar-refractivity contribution in [3.63, 3.8) is 0 Å². The van der Waals surface area contributed by atoms with Crippen molar-refractivity contribution in [2.24, 2.45) is 0 Å². The molecule has 8 heteroatoms. The van der Waals surface area contributed by atoms with Gasteiger partial charge in [-0.25, -0.2) is 9.78 Å². The number of nitrogens with zero attached hydrogens (tertiary/aromatic N) is 4. The lowest BCUT2D eigenvalue weighted by atomic mass is 10.2. The molecule has 0 saturated carbocycles. The van der Waals surface area contributed by atoms with Crippen LogP contribution in [0.5, 0.6) is 0 Å². The number of rotatable bonds is 5. The number of anilines is 1. The van der Waals surface area contributed by atoms with E-state index in [2.05, 4.69) is 15.4 Å². The van der Waals surface area contributed by atoms with Gasteiger partial charge in [0.15, 0.2) is 5.69 Å². The van der Waals surface area contributed by atoms with E-state index in [9.17, 15) is 9.59 Å².